The summed E-state index contributed by atoms with van der Waals surface area (Å²) in [5.41, 5.74) is -0.464. The number of para-hydroxylation sites is 1. The summed E-state index contributed by atoms with van der Waals surface area (Å²) in [6, 6.07) is 7.66. The Balaban J connectivity index is 1.76. The number of amides is 1. The molecule has 1 aromatic carbocycles. The van der Waals surface area contributed by atoms with Gasteiger partial charge in [0.05, 0.1) is 11.1 Å². The zero-order valence-corrected chi connectivity index (χ0v) is 14.2. The maximum absolute atomic E-state index is 11.8. The highest BCUT2D eigenvalue weighted by Gasteiger charge is 2.25. The zero-order valence-electron chi connectivity index (χ0n) is 13.4. The van der Waals surface area contributed by atoms with E-state index in [0.29, 0.717) is 5.02 Å². The number of nitrogens with one attached hydrogen (secondary N) is 1. The van der Waals surface area contributed by atoms with Crippen molar-refractivity contribution in [1.29, 1.82) is 0 Å². The summed E-state index contributed by atoms with van der Waals surface area (Å²) in [5, 5.41) is 3.56. The van der Waals surface area contributed by atoms with Gasteiger partial charge in [0.1, 0.15) is 11.4 Å². The van der Waals surface area contributed by atoms with Crippen LogP contribution in [0.4, 0.5) is 4.79 Å². The third-order valence-electron chi connectivity index (χ3n) is 3.53. The number of rotatable bonds is 3. The fourth-order valence-electron chi connectivity index (χ4n) is 2.52. The van der Waals surface area contributed by atoms with Crippen LogP contribution in [0.2, 0.25) is 5.02 Å². The van der Waals surface area contributed by atoms with E-state index >= 15 is 0 Å². The van der Waals surface area contributed by atoms with Gasteiger partial charge in [-0.15, -0.1) is 0 Å². The molecule has 0 aliphatic heterocycles. The van der Waals surface area contributed by atoms with Gasteiger partial charge in [-0.3, -0.25) is 0 Å². The first-order valence-electron chi connectivity index (χ1n) is 7.74. The van der Waals surface area contributed by atoms with Crippen LogP contribution >= 0.6 is 11.6 Å². The third kappa shape index (κ3) is 5.41. The lowest BCUT2D eigenvalue weighted by Gasteiger charge is -2.30. The lowest BCUT2D eigenvalue weighted by molar-refractivity contribution is 0.0471. The van der Waals surface area contributed by atoms with Crippen molar-refractivity contribution in [2.45, 2.75) is 64.2 Å². The average Bonchev–Trinajstić information content (AvgIpc) is 2.41. The molecule has 122 valence electrons. The van der Waals surface area contributed by atoms with Crippen molar-refractivity contribution >= 4 is 17.7 Å². The summed E-state index contributed by atoms with van der Waals surface area (Å²) in [5.74, 6) is 0.729. The van der Waals surface area contributed by atoms with Gasteiger partial charge in [-0.25, -0.2) is 4.79 Å². The molecule has 2 rings (SSSR count). The summed E-state index contributed by atoms with van der Waals surface area (Å²) in [6.45, 7) is 5.59. The Bertz CT molecular complexity index is 505. The molecule has 1 fully saturated rings. The molecule has 0 spiro atoms. The molecular formula is C17H24ClNO3. The number of halogens is 1. The molecule has 1 aliphatic carbocycles. The van der Waals surface area contributed by atoms with Gasteiger partial charge >= 0.3 is 6.09 Å². The number of carbonyl (C=O) groups is 1. The number of hydrogen-bond acceptors (Lipinski definition) is 3. The van der Waals surface area contributed by atoms with Crippen LogP contribution in [0.15, 0.2) is 24.3 Å². The van der Waals surface area contributed by atoms with E-state index in [1.807, 2.05) is 45.0 Å². The van der Waals surface area contributed by atoms with Crippen LogP contribution in [0.25, 0.3) is 0 Å². The molecule has 0 unspecified atom stereocenters. The number of alkyl carbamates (subject to hydrolysis) is 1. The molecule has 1 N–H and O–H groups in total. The number of carbonyl (C=O) groups excluding carboxylic acids is 1. The normalized spacial score (nSPS) is 22.0. The monoisotopic (exact) mass is 325 g/mol. The minimum atomic E-state index is -0.464. The Labute approximate surface area is 137 Å². The molecule has 0 radical (unpaired) electrons. The zero-order chi connectivity index (χ0) is 16.2. The quantitative estimate of drug-likeness (QED) is 0.886. The second-order valence-electron chi connectivity index (χ2n) is 6.67. The van der Waals surface area contributed by atoms with Gasteiger partial charge < -0.3 is 14.8 Å². The predicted molar refractivity (Wildman–Crippen MR) is 87.5 cm³/mol. The first kappa shape index (κ1) is 16.9. The second-order valence-corrected chi connectivity index (χ2v) is 7.08. The van der Waals surface area contributed by atoms with E-state index in [1.54, 1.807) is 0 Å². The topological polar surface area (TPSA) is 47.6 Å². The molecule has 1 aliphatic rings. The van der Waals surface area contributed by atoms with Crippen molar-refractivity contribution in [3.63, 3.8) is 0 Å². The molecule has 0 bridgehead atoms. The summed E-state index contributed by atoms with van der Waals surface area (Å²) >= 11 is 6.10. The number of ether oxygens (including phenoxy) is 2. The summed E-state index contributed by atoms with van der Waals surface area (Å²) in [7, 11) is 0. The molecule has 0 saturated heterocycles. The van der Waals surface area contributed by atoms with Crippen molar-refractivity contribution < 1.29 is 14.3 Å². The molecule has 4 nitrogen and oxygen atoms in total. The Kier molecular flexibility index (Phi) is 5.57. The lowest BCUT2D eigenvalue weighted by atomic mass is 9.93. The molecule has 5 heteroatoms. The Morgan fingerprint density at radius 3 is 2.41 bits per heavy atom. The first-order chi connectivity index (χ1) is 10.3. The number of hydrogen-bond donors (Lipinski definition) is 1. The van der Waals surface area contributed by atoms with Crippen LogP contribution in [0.3, 0.4) is 0 Å². The van der Waals surface area contributed by atoms with Crippen LogP contribution in [-0.4, -0.2) is 23.8 Å². The van der Waals surface area contributed by atoms with Crippen molar-refractivity contribution in [2.24, 2.45) is 0 Å². The molecule has 1 saturated carbocycles. The summed E-state index contributed by atoms with van der Waals surface area (Å²) in [6.07, 6.45) is 3.36. The lowest BCUT2D eigenvalue weighted by Crippen LogP contribution is -2.42. The molecular weight excluding hydrogens is 302 g/mol. The Hall–Kier alpha value is -1.42. The summed E-state index contributed by atoms with van der Waals surface area (Å²) < 4.78 is 11.2. The highest BCUT2D eigenvalue weighted by Crippen LogP contribution is 2.29. The van der Waals surface area contributed by atoms with Gasteiger partial charge in [0.25, 0.3) is 0 Å². The smallest absolute Gasteiger partial charge is 0.407 e. The van der Waals surface area contributed by atoms with E-state index < -0.39 is 5.60 Å². The van der Waals surface area contributed by atoms with E-state index in [0.717, 1.165) is 31.4 Å². The van der Waals surface area contributed by atoms with Crippen molar-refractivity contribution in [1.82, 2.24) is 5.32 Å². The SMILES string of the molecule is CC(C)(C)OC(=O)NC1CCC(Oc2ccccc2Cl)CC1. The highest BCUT2D eigenvalue weighted by atomic mass is 35.5. The largest absolute Gasteiger partial charge is 0.489 e. The Morgan fingerprint density at radius 1 is 1.18 bits per heavy atom. The first-order valence-corrected chi connectivity index (χ1v) is 8.12. The molecule has 1 amide bonds. The summed E-state index contributed by atoms with van der Waals surface area (Å²) in [4.78, 5) is 11.8. The fraction of sp³-hybridized carbons (Fsp3) is 0.588. The molecule has 0 aromatic heterocycles. The number of benzene rings is 1. The van der Waals surface area contributed by atoms with Crippen LogP contribution in [0.1, 0.15) is 46.5 Å². The van der Waals surface area contributed by atoms with Crippen LogP contribution in [0.5, 0.6) is 5.75 Å². The molecule has 1 aromatic rings. The van der Waals surface area contributed by atoms with E-state index in [4.69, 9.17) is 21.1 Å². The maximum Gasteiger partial charge on any atom is 0.407 e. The Morgan fingerprint density at radius 2 is 1.82 bits per heavy atom. The standard InChI is InChI=1S/C17H24ClNO3/c1-17(2,3)22-16(20)19-12-8-10-13(11-9-12)21-15-7-5-4-6-14(15)18/h4-7,12-13H,8-11H2,1-3H3,(H,19,20). The van der Waals surface area contributed by atoms with Gasteiger partial charge in [0.2, 0.25) is 0 Å². The third-order valence-corrected chi connectivity index (χ3v) is 3.84. The van der Waals surface area contributed by atoms with E-state index in [1.165, 1.54) is 0 Å². The molecule has 0 atom stereocenters. The molecule has 0 heterocycles. The van der Waals surface area contributed by atoms with Gasteiger partial charge in [-0.2, -0.15) is 0 Å². The van der Waals surface area contributed by atoms with E-state index in [2.05, 4.69) is 5.32 Å². The van der Waals surface area contributed by atoms with E-state index in [-0.39, 0.29) is 18.2 Å². The minimum absolute atomic E-state index is 0.150. The van der Waals surface area contributed by atoms with Crippen molar-refractivity contribution in [3.8, 4) is 5.75 Å². The fourth-order valence-corrected chi connectivity index (χ4v) is 2.70. The predicted octanol–water partition coefficient (Wildman–Crippen LogP) is 4.55. The van der Waals surface area contributed by atoms with Crippen LogP contribution in [0, 0.1) is 0 Å². The second kappa shape index (κ2) is 7.23. The minimum Gasteiger partial charge on any atom is -0.489 e. The molecule has 22 heavy (non-hydrogen) atoms. The van der Waals surface area contributed by atoms with Crippen molar-refractivity contribution in [3.05, 3.63) is 29.3 Å². The van der Waals surface area contributed by atoms with E-state index in [9.17, 15) is 4.79 Å². The van der Waals surface area contributed by atoms with Gasteiger partial charge in [-0.1, -0.05) is 23.7 Å². The van der Waals surface area contributed by atoms with Crippen LogP contribution < -0.4 is 10.1 Å². The highest BCUT2D eigenvalue weighted by molar-refractivity contribution is 6.32. The van der Waals surface area contributed by atoms with Gasteiger partial charge in [-0.05, 0) is 58.6 Å². The van der Waals surface area contributed by atoms with Crippen LogP contribution in [-0.2, 0) is 4.74 Å². The average molecular weight is 326 g/mol. The van der Waals surface area contributed by atoms with Gasteiger partial charge in [0.15, 0.2) is 0 Å². The van der Waals surface area contributed by atoms with Crippen molar-refractivity contribution in [2.75, 3.05) is 0 Å². The maximum atomic E-state index is 11.8. The van der Waals surface area contributed by atoms with Gasteiger partial charge in [0, 0.05) is 6.04 Å².